The van der Waals surface area contributed by atoms with Crippen LogP contribution in [-0.4, -0.2) is 33.9 Å². The number of ether oxygens (including phenoxy) is 1. The molecule has 17 heavy (non-hydrogen) atoms. The van der Waals surface area contributed by atoms with Crippen LogP contribution in [0.2, 0.25) is 0 Å². The van der Waals surface area contributed by atoms with Gasteiger partial charge in [0.2, 0.25) is 0 Å². The van der Waals surface area contributed by atoms with E-state index in [0.717, 1.165) is 26.3 Å². The van der Waals surface area contributed by atoms with Crippen molar-refractivity contribution in [3.63, 3.8) is 0 Å². The number of hydrogen-bond acceptors (Lipinski definition) is 3. The van der Waals surface area contributed by atoms with Crippen molar-refractivity contribution in [1.82, 2.24) is 5.32 Å². The van der Waals surface area contributed by atoms with Crippen molar-refractivity contribution < 1.29 is 4.74 Å². The normalized spacial score (nSPS) is 17.6. The lowest BCUT2D eigenvalue weighted by atomic mass is 9.89. The summed E-state index contributed by atoms with van der Waals surface area (Å²) in [5.41, 5.74) is 2.93. The zero-order chi connectivity index (χ0) is 12.3. The summed E-state index contributed by atoms with van der Waals surface area (Å²) in [4.78, 5) is 2.12. The molecular formula is C14H22N2O. The molecule has 3 nitrogen and oxygen atoms in total. The molecule has 1 heterocycles. The Bertz CT molecular complexity index is 355. The lowest BCUT2D eigenvalue weighted by Gasteiger charge is -2.38. The van der Waals surface area contributed by atoms with Crippen molar-refractivity contribution in [2.24, 2.45) is 5.41 Å². The zero-order valence-electron chi connectivity index (χ0n) is 11.0. The van der Waals surface area contributed by atoms with Gasteiger partial charge in [0.1, 0.15) is 0 Å². The summed E-state index contributed by atoms with van der Waals surface area (Å²) in [6.45, 7) is 6.00. The Hall–Kier alpha value is -1.06. The second kappa shape index (κ2) is 5.07. The average Bonchev–Trinajstić information content (AvgIpc) is 2.27. The van der Waals surface area contributed by atoms with Gasteiger partial charge >= 0.3 is 0 Å². The van der Waals surface area contributed by atoms with E-state index in [9.17, 15) is 0 Å². The topological polar surface area (TPSA) is 24.5 Å². The van der Waals surface area contributed by atoms with Crippen LogP contribution in [0, 0.1) is 5.41 Å². The highest BCUT2D eigenvalue weighted by Crippen LogP contribution is 2.25. The van der Waals surface area contributed by atoms with Gasteiger partial charge in [0, 0.05) is 38.3 Å². The molecule has 0 aliphatic carbocycles. The molecule has 1 saturated heterocycles. The molecule has 2 rings (SSSR count). The molecule has 1 aromatic rings. The van der Waals surface area contributed by atoms with Crippen molar-refractivity contribution in [1.29, 1.82) is 0 Å². The first-order valence-corrected chi connectivity index (χ1v) is 6.14. The van der Waals surface area contributed by atoms with Gasteiger partial charge in [-0.15, -0.1) is 0 Å². The third kappa shape index (κ3) is 3.20. The summed E-state index contributed by atoms with van der Waals surface area (Å²) in [6, 6.07) is 8.68. The van der Waals surface area contributed by atoms with E-state index >= 15 is 0 Å². The fraction of sp³-hybridized carbons (Fsp3) is 0.571. The number of nitrogens with zero attached hydrogens (tertiary/aromatic N) is 1. The standard InChI is InChI=1S/C14H22N2O/c1-14(10-17-11-14)9-15-8-12-4-6-13(7-5-12)16(2)3/h4-7,15H,8-11H2,1-3H3. The molecule has 1 aliphatic rings. The van der Waals surface area contributed by atoms with E-state index in [1.807, 2.05) is 0 Å². The third-order valence-electron chi connectivity index (χ3n) is 3.23. The van der Waals surface area contributed by atoms with Crippen molar-refractivity contribution in [3.8, 4) is 0 Å². The molecule has 0 spiro atoms. The van der Waals surface area contributed by atoms with Gasteiger partial charge in [0.05, 0.1) is 13.2 Å². The van der Waals surface area contributed by atoms with Crippen LogP contribution in [0.3, 0.4) is 0 Å². The van der Waals surface area contributed by atoms with Crippen LogP contribution in [0.5, 0.6) is 0 Å². The SMILES string of the molecule is CN(C)c1ccc(CNCC2(C)COC2)cc1. The Morgan fingerprint density at radius 3 is 2.35 bits per heavy atom. The molecule has 0 radical (unpaired) electrons. The zero-order valence-corrected chi connectivity index (χ0v) is 11.0. The van der Waals surface area contributed by atoms with E-state index < -0.39 is 0 Å². The van der Waals surface area contributed by atoms with E-state index in [-0.39, 0.29) is 0 Å². The maximum Gasteiger partial charge on any atom is 0.0554 e. The van der Waals surface area contributed by atoms with E-state index in [0.29, 0.717) is 5.41 Å². The van der Waals surface area contributed by atoms with Crippen molar-refractivity contribution in [2.75, 3.05) is 38.8 Å². The van der Waals surface area contributed by atoms with Crippen LogP contribution in [0.25, 0.3) is 0 Å². The smallest absolute Gasteiger partial charge is 0.0554 e. The molecule has 0 atom stereocenters. The lowest BCUT2D eigenvalue weighted by molar-refractivity contribution is -0.0991. The molecule has 0 bridgehead atoms. The fourth-order valence-electron chi connectivity index (χ4n) is 1.97. The van der Waals surface area contributed by atoms with Crippen LogP contribution >= 0.6 is 0 Å². The highest BCUT2D eigenvalue weighted by Gasteiger charge is 2.32. The van der Waals surface area contributed by atoms with Gasteiger partial charge in [-0.3, -0.25) is 0 Å². The van der Waals surface area contributed by atoms with Crippen molar-refractivity contribution in [3.05, 3.63) is 29.8 Å². The van der Waals surface area contributed by atoms with Crippen molar-refractivity contribution >= 4 is 5.69 Å². The number of rotatable bonds is 5. The first-order valence-electron chi connectivity index (χ1n) is 6.14. The average molecular weight is 234 g/mol. The highest BCUT2D eigenvalue weighted by atomic mass is 16.5. The monoisotopic (exact) mass is 234 g/mol. The minimum absolute atomic E-state index is 0.351. The first kappa shape index (κ1) is 12.4. The van der Waals surface area contributed by atoms with Crippen molar-refractivity contribution in [2.45, 2.75) is 13.5 Å². The van der Waals surface area contributed by atoms with Crippen LogP contribution in [-0.2, 0) is 11.3 Å². The summed E-state index contributed by atoms with van der Waals surface area (Å²) in [7, 11) is 4.12. The summed E-state index contributed by atoms with van der Waals surface area (Å²) < 4.78 is 5.24. The number of benzene rings is 1. The second-order valence-corrected chi connectivity index (χ2v) is 5.47. The van der Waals surface area contributed by atoms with Gasteiger partial charge in [0.15, 0.2) is 0 Å². The number of nitrogens with one attached hydrogen (secondary N) is 1. The molecule has 0 aromatic heterocycles. The van der Waals surface area contributed by atoms with Crippen LogP contribution in [0.1, 0.15) is 12.5 Å². The molecule has 1 aliphatic heterocycles. The Balaban J connectivity index is 1.79. The van der Waals surface area contributed by atoms with E-state index in [2.05, 4.69) is 55.5 Å². The van der Waals surface area contributed by atoms with Gasteiger partial charge in [-0.25, -0.2) is 0 Å². The van der Waals surface area contributed by atoms with E-state index in [1.165, 1.54) is 11.3 Å². The van der Waals surface area contributed by atoms with Gasteiger partial charge in [-0.1, -0.05) is 19.1 Å². The van der Waals surface area contributed by atoms with Gasteiger partial charge < -0.3 is 15.0 Å². The van der Waals surface area contributed by atoms with Crippen LogP contribution in [0.4, 0.5) is 5.69 Å². The predicted molar refractivity (Wildman–Crippen MR) is 71.4 cm³/mol. The Labute approximate surface area is 104 Å². The Kier molecular flexibility index (Phi) is 3.69. The minimum Gasteiger partial charge on any atom is -0.380 e. The van der Waals surface area contributed by atoms with Gasteiger partial charge in [-0.05, 0) is 17.7 Å². The highest BCUT2D eigenvalue weighted by molar-refractivity contribution is 5.45. The Morgan fingerprint density at radius 1 is 1.24 bits per heavy atom. The number of anilines is 1. The fourth-order valence-corrected chi connectivity index (χ4v) is 1.97. The lowest BCUT2D eigenvalue weighted by Crippen LogP contribution is -2.47. The van der Waals surface area contributed by atoms with E-state index in [1.54, 1.807) is 0 Å². The minimum atomic E-state index is 0.351. The summed E-state index contributed by atoms with van der Waals surface area (Å²) in [5, 5.41) is 3.50. The maximum atomic E-state index is 5.24. The van der Waals surface area contributed by atoms with Crippen LogP contribution in [0.15, 0.2) is 24.3 Å². The van der Waals surface area contributed by atoms with Gasteiger partial charge in [0.25, 0.3) is 0 Å². The van der Waals surface area contributed by atoms with E-state index in [4.69, 9.17) is 4.74 Å². The number of hydrogen-bond donors (Lipinski definition) is 1. The molecule has 94 valence electrons. The maximum absolute atomic E-state index is 5.24. The molecular weight excluding hydrogens is 212 g/mol. The third-order valence-corrected chi connectivity index (χ3v) is 3.23. The van der Waals surface area contributed by atoms with Crippen LogP contribution < -0.4 is 10.2 Å². The summed E-state index contributed by atoms with van der Waals surface area (Å²) >= 11 is 0. The summed E-state index contributed by atoms with van der Waals surface area (Å²) in [6.07, 6.45) is 0. The molecule has 1 aromatic carbocycles. The molecule has 3 heteroatoms. The predicted octanol–water partition coefficient (Wildman–Crippen LogP) is 1.88. The largest absolute Gasteiger partial charge is 0.380 e. The molecule has 0 saturated carbocycles. The summed E-state index contributed by atoms with van der Waals surface area (Å²) in [5.74, 6) is 0. The Morgan fingerprint density at radius 2 is 1.88 bits per heavy atom. The first-order chi connectivity index (χ1) is 8.09. The molecule has 0 amide bonds. The quantitative estimate of drug-likeness (QED) is 0.842. The second-order valence-electron chi connectivity index (χ2n) is 5.47. The molecule has 1 N–H and O–H groups in total. The molecule has 0 unspecified atom stereocenters. The molecule has 1 fully saturated rings. The van der Waals surface area contributed by atoms with Gasteiger partial charge in [-0.2, -0.15) is 0 Å².